The third-order valence-electron chi connectivity index (χ3n) is 4.33. The van der Waals surface area contributed by atoms with Crippen LogP contribution >= 0.6 is 0 Å². The lowest BCUT2D eigenvalue weighted by Crippen LogP contribution is -2.31. The standard InChI is InChI=1S/C19H20N4.2H2/c1-3-4-9-19(2,13-20)15-7-5-6-14(11-15)16-8-10-21-18-17(16)12-22-23-18;;/h5-8,10-12H,9,13,20H2,1-2H3,(H,21,22,23);2*1H/t19-;;/m0../s1. The van der Waals surface area contributed by atoms with Gasteiger partial charge >= 0.3 is 0 Å². The van der Waals surface area contributed by atoms with E-state index in [9.17, 15) is 0 Å². The largest absolute Gasteiger partial charge is 0.330 e. The summed E-state index contributed by atoms with van der Waals surface area (Å²) in [4.78, 5) is 4.30. The van der Waals surface area contributed by atoms with Gasteiger partial charge in [0.05, 0.1) is 6.20 Å². The Bertz CT molecular complexity index is 895. The number of nitrogens with one attached hydrogen (secondary N) is 1. The number of nitrogens with zero attached hydrogens (tertiary/aromatic N) is 2. The van der Waals surface area contributed by atoms with E-state index in [4.69, 9.17) is 5.73 Å². The highest BCUT2D eigenvalue weighted by atomic mass is 15.1. The van der Waals surface area contributed by atoms with Crippen molar-refractivity contribution >= 4 is 11.0 Å². The van der Waals surface area contributed by atoms with Crippen molar-refractivity contribution in [2.75, 3.05) is 6.54 Å². The van der Waals surface area contributed by atoms with Gasteiger partial charge in [-0.05, 0) is 29.7 Å². The number of hydrogen-bond acceptors (Lipinski definition) is 3. The second kappa shape index (κ2) is 6.23. The van der Waals surface area contributed by atoms with Gasteiger partial charge in [0.15, 0.2) is 5.65 Å². The molecular weight excluding hydrogens is 284 g/mol. The minimum Gasteiger partial charge on any atom is -0.330 e. The molecule has 1 atom stereocenters. The van der Waals surface area contributed by atoms with E-state index >= 15 is 0 Å². The van der Waals surface area contributed by atoms with Crippen LogP contribution in [0.3, 0.4) is 0 Å². The van der Waals surface area contributed by atoms with Gasteiger partial charge in [-0.3, -0.25) is 5.10 Å². The molecule has 0 saturated carbocycles. The number of pyridine rings is 1. The zero-order valence-corrected chi connectivity index (χ0v) is 13.4. The minimum atomic E-state index is -0.151. The van der Waals surface area contributed by atoms with Gasteiger partial charge in [-0.25, -0.2) is 4.98 Å². The Morgan fingerprint density at radius 3 is 3.00 bits per heavy atom. The number of nitrogens with two attached hydrogens (primary N) is 1. The van der Waals surface area contributed by atoms with E-state index in [-0.39, 0.29) is 8.27 Å². The normalized spacial score (nSPS) is 13.3. The van der Waals surface area contributed by atoms with E-state index in [0.29, 0.717) is 6.54 Å². The zero-order valence-electron chi connectivity index (χ0n) is 13.4. The lowest BCUT2D eigenvalue weighted by Gasteiger charge is -2.27. The van der Waals surface area contributed by atoms with Gasteiger partial charge in [-0.15, -0.1) is 11.8 Å². The van der Waals surface area contributed by atoms with Crippen LogP contribution in [0.25, 0.3) is 22.2 Å². The van der Waals surface area contributed by atoms with Gasteiger partial charge in [0, 0.05) is 32.8 Å². The van der Waals surface area contributed by atoms with Gasteiger partial charge in [0.25, 0.3) is 0 Å². The molecule has 1 aromatic carbocycles. The maximum Gasteiger partial charge on any atom is 0.155 e. The first-order chi connectivity index (χ1) is 11.2. The third-order valence-corrected chi connectivity index (χ3v) is 4.33. The van der Waals surface area contributed by atoms with E-state index < -0.39 is 0 Å². The maximum atomic E-state index is 6.05. The SMILES string of the molecule is CC#CC[C@@](C)(CN)c1cccc(-c2ccnc3[nH]ncc23)c1.[HH].[HH]. The summed E-state index contributed by atoms with van der Waals surface area (Å²) in [6.45, 7) is 4.58. The highest BCUT2D eigenvalue weighted by molar-refractivity contribution is 5.92. The Hall–Kier alpha value is -2.64. The summed E-state index contributed by atoms with van der Waals surface area (Å²) in [5, 5.41) is 8.02. The molecule has 3 aromatic rings. The van der Waals surface area contributed by atoms with Gasteiger partial charge < -0.3 is 5.73 Å². The Morgan fingerprint density at radius 1 is 1.35 bits per heavy atom. The van der Waals surface area contributed by atoms with Gasteiger partial charge in [0.1, 0.15) is 0 Å². The van der Waals surface area contributed by atoms with Crippen molar-refractivity contribution in [3.05, 3.63) is 48.3 Å². The summed E-state index contributed by atoms with van der Waals surface area (Å²) in [6.07, 6.45) is 4.36. The zero-order chi connectivity index (χ0) is 16.3. The smallest absolute Gasteiger partial charge is 0.155 e. The van der Waals surface area contributed by atoms with Crippen LogP contribution in [0.2, 0.25) is 0 Å². The van der Waals surface area contributed by atoms with Crippen LogP contribution in [0.1, 0.15) is 28.7 Å². The molecule has 0 unspecified atom stereocenters. The summed E-state index contributed by atoms with van der Waals surface area (Å²) < 4.78 is 0. The topological polar surface area (TPSA) is 67.6 Å². The van der Waals surface area contributed by atoms with Gasteiger partial charge in [-0.2, -0.15) is 5.10 Å². The second-order valence-electron chi connectivity index (χ2n) is 5.94. The molecule has 3 N–H and O–H groups in total. The molecule has 0 saturated heterocycles. The fourth-order valence-corrected chi connectivity index (χ4v) is 2.74. The number of aromatic nitrogens is 3. The Balaban J connectivity index is 0.00000156. The van der Waals surface area contributed by atoms with Crippen LogP contribution in [-0.4, -0.2) is 21.7 Å². The summed E-state index contributed by atoms with van der Waals surface area (Å²) >= 11 is 0. The minimum absolute atomic E-state index is 0. The number of hydrogen-bond donors (Lipinski definition) is 2. The molecule has 0 aliphatic heterocycles. The lowest BCUT2D eigenvalue weighted by molar-refractivity contribution is 0.498. The molecule has 120 valence electrons. The number of rotatable bonds is 4. The predicted molar refractivity (Wildman–Crippen MR) is 98.0 cm³/mol. The van der Waals surface area contributed by atoms with Crippen molar-refractivity contribution in [1.82, 2.24) is 15.2 Å². The summed E-state index contributed by atoms with van der Waals surface area (Å²) in [7, 11) is 0. The van der Waals surface area contributed by atoms with E-state index in [0.717, 1.165) is 28.6 Å². The first kappa shape index (κ1) is 15.3. The summed E-state index contributed by atoms with van der Waals surface area (Å²) in [5.41, 5.74) is 10.2. The first-order valence-corrected chi connectivity index (χ1v) is 7.66. The maximum absolute atomic E-state index is 6.05. The number of benzene rings is 1. The van der Waals surface area contributed by atoms with Crippen LogP contribution in [0.5, 0.6) is 0 Å². The van der Waals surface area contributed by atoms with E-state index in [1.807, 2.05) is 19.2 Å². The number of aromatic amines is 1. The van der Waals surface area contributed by atoms with Crippen molar-refractivity contribution in [2.24, 2.45) is 5.73 Å². The summed E-state index contributed by atoms with van der Waals surface area (Å²) in [6, 6.07) is 10.5. The quantitative estimate of drug-likeness (QED) is 0.721. The molecule has 3 rings (SSSR count). The highest BCUT2D eigenvalue weighted by Crippen LogP contribution is 2.32. The van der Waals surface area contributed by atoms with E-state index in [1.165, 1.54) is 5.56 Å². The Morgan fingerprint density at radius 2 is 2.22 bits per heavy atom. The number of fused-ring (bicyclic) bond motifs is 1. The molecule has 2 aromatic heterocycles. The Labute approximate surface area is 139 Å². The molecule has 0 aliphatic carbocycles. The molecule has 23 heavy (non-hydrogen) atoms. The van der Waals surface area contributed by atoms with Crippen molar-refractivity contribution < 1.29 is 2.85 Å². The lowest BCUT2D eigenvalue weighted by atomic mass is 9.79. The van der Waals surface area contributed by atoms with Crippen LogP contribution in [0, 0.1) is 11.8 Å². The third kappa shape index (κ3) is 2.84. The van der Waals surface area contributed by atoms with Crippen LogP contribution in [0.15, 0.2) is 42.7 Å². The monoisotopic (exact) mass is 308 g/mol. The fraction of sp³-hybridized carbons (Fsp3) is 0.263. The molecule has 0 bridgehead atoms. The van der Waals surface area contributed by atoms with Crippen molar-refractivity contribution in [2.45, 2.75) is 25.7 Å². The van der Waals surface area contributed by atoms with Gasteiger partial charge in [-0.1, -0.05) is 31.2 Å². The number of H-pyrrole nitrogens is 1. The molecule has 0 fully saturated rings. The van der Waals surface area contributed by atoms with E-state index in [2.05, 4.69) is 58.2 Å². The average Bonchev–Trinajstić information content (AvgIpc) is 3.08. The Kier molecular flexibility index (Phi) is 4.14. The van der Waals surface area contributed by atoms with Crippen molar-refractivity contribution in [1.29, 1.82) is 0 Å². The molecule has 2 heterocycles. The van der Waals surface area contributed by atoms with Crippen molar-refractivity contribution in [3.63, 3.8) is 0 Å². The molecular formula is C19H24N4. The van der Waals surface area contributed by atoms with E-state index in [1.54, 1.807) is 6.20 Å². The summed E-state index contributed by atoms with van der Waals surface area (Å²) in [5.74, 6) is 6.14. The predicted octanol–water partition coefficient (Wildman–Crippen LogP) is 3.75. The molecule has 0 amide bonds. The van der Waals surface area contributed by atoms with Crippen molar-refractivity contribution in [3.8, 4) is 23.0 Å². The first-order valence-electron chi connectivity index (χ1n) is 7.66. The molecule has 0 aliphatic rings. The van der Waals surface area contributed by atoms with Crippen LogP contribution in [0.4, 0.5) is 0 Å². The average molecular weight is 308 g/mol. The van der Waals surface area contributed by atoms with Crippen LogP contribution in [-0.2, 0) is 5.41 Å². The molecule has 0 radical (unpaired) electrons. The molecule has 4 heteroatoms. The molecule has 4 nitrogen and oxygen atoms in total. The highest BCUT2D eigenvalue weighted by Gasteiger charge is 2.24. The van der Waals surface area contributed by atoms with Crippen LogP contribution < -0.4 is 5.73 Å². The fourth-order valence-electron chi connectivity index (χ4n) is 2.74. The van der Waals surface area contributed by atoms with Gasteiger partial charge in [0.2, 0.25) is 0 Å². The molecule has 0 spiro atoms. The second-order valence-corrected chi connectivity index (χ2v) is 5.94.